The second-order valence-corrected chi connectivity index (χ2v) is 4.49. The highest BCUT2D eigenvalue weighted by molar-refractivity contribution is 6.20. The summed E-state index contributed by atoms with van der Waals surface area (Å²) in [6.45, 7) is 1.94. The van der Waals surface area contributed by atoms with Gasteiger partial charge in [-0.1, -0.05) is 0 Å². The summed E-state index contributed by atoms with van der Waals surface area (Å²) in [6, 6.07) is 5.86. The van der Waals surface area contributed by atoms with Crippen LogP contribution in [0.25, 0.3) is 10.9 Å². The molecule has 4 nitrogen and oxygen atoms in total. The number of hydrogen-bond acceptors (Lipinski definition) is 2. The van der Waals surface area contributed by atoms with Gasteiger partial charge in [0.15, 0.2) is 0 Å². The fraction of sp³-hybridized carbons (Fsp3) is 0.308. The Hall–Kier alpha value is -1.68. The van der Waals surface area contributed by atoms with Gasteiger partial charge in [-0.2, -0.15) is 0 Å². The van der Waals surface area contributed by atoms with E-state index in [1.54, 1.807) is 7.11 Å². The maximum atomic E-state index is 11.0. The Morgan fingerprint density at radius 2 is 2.28 bits per heavy atom. The number of carbonyl (C=O) groups excluding carboxylic acids is 1. The largest absolute Gasteiger partial charge is 0.497 e. The van der Waals surface area contributed by atoms with Crippen LogP contribution in [0.15, 0.2) is 24.4 Å². The van der Waals surface area contributed by atoms with Crippen LogP contribution in [0.1, 0.15) is 12.5 Å². The van der Waals surface area contributed by atoms with Gasteiger partial charge in [-0.3, -0.25) is 9.21 Å². The number of ether oxygens (including phenoxy) is 1. The van der Waals surface area contributed by atoms with Crippen LogP contribution >= 0.6 is 11.8 Å². The Bertz CT molecular complexity index is 565. The van der Waals surface area contributed by atoms with Gasteiger partial charge in [-0.15, -0.1) is 0 Å². The zero-order valence-corrected chi connectivity index (χ0v) is 11.1. The molecule has 0 fully saturated rings. The van der Waals surface area contributed by atoms with Crippen molar-refractivity contribution in [3.8, 4) is 5.75 Å². The maximum Gasteiger partial charge on any atom is 0.233 e. The third-order valence-corrected chi connectivity index (χ3v) is 3.30. The molecular formula is C13H15ClN2O2. The van der Waals surface area contributed by atoms with Crippen molar-refractivity contribution < 1.29 is 9.53 Å². The smallest absolute Gasteiger partial charge is 0.233 e. The van der Waals surface area contributed by atoms with Crippen molar-refractivity contribution in [2.75, 3.05) is 13.7 Å². The van der Waals surface area contributed by atoms with E-state index in [2.05, 4.69) is 4.98 Å². The Morgan fingerprint density at radius 3 is 2.94 bits per heavy atom. The summed E-state index contributed by atoms with van der Waals surface area (Å²) in [5.41, 5.74) is 2.17. The molecule has 0 aliphatic rings. The number of hydrogen-bond donors (Lipinski definition) is 1. The SMILES string of the molecule is COc1ccc2[nH]cc(CCN(Cl)C(C)=O)c2c1. The molecule has 1 aromatic carbocycles. The van der Waals surface area contributed by atoms with Gasteiger partial charge in [0, 0.05) is 42.3 Å². The predicted molar refractivity (Wildman–Crippen MR) is 71.8 cm³/mol. The van der Waals surface area contributed by atoms with Crippen LogP contribution in [-0.4, -0.2) is 29.0 Å². The molecule has 18 heavy (non-hydrogen) atoms. The van der Waals surface area contributed by atoms with Crippen molar-refractivity contribution in [3.05, 3.63) is 30.0 Å². The molecule has 1 N–H and O–H groups in total. The van der Waals surface area contributed by atoms with E-state index in [0.29, 0.717) is 13.0 Å². The van der Waals surface area contributed by atoms with Gasteiger partial charge in [0.2, 0.25) is 5.91 Å². The molecule has 0 unspecified atom stereocenters. The van der Waals surface area contributed by atoms with Crippen molar-refractivity contribution >= 4 is 28.6 Å². The van der Waals surface area contributed by atoms with Crippen LogP contribution in [0.5, 0.6) is 5.75 Å². The molecule has 96 valence electrons. The molecule has 0 saturated heterocycles. The molecule has 1 heterocycles. The summed E-state index contributed by atoms with van der Waals surface area (Å²) in [7, 11) is 1.64. The molecule has 2 aromatic rings. The number of H-pyrrole nitrogens is 1. The van der Waals surface area contributed by atoms with Crippen molar-refractivity contribution in [2.24, 2.45) is 0 Å². The fourth-order valence-corrected chi connectivity index (χ4v) is 1.95. The lowest BCUT2D eigenvalue weighted by Gasteiger charge is -2.10. The lowest BCUT2D eigenvalue weighted by Crippen LogP contribution is -2.20. The monoisotopic (exact) mass is 266 g/mol. The summed E-state index contributed by atoms with van der Waals surface area (Å²) in [5, 5.41) is 1.10. The molecule has 1 amide bonds. The number of aromatic amines is 1. The van der Waals surface area contributed by atoms with Crippen LogP contribution < -0.4 is 4.74 Å². The second kappa shape index (κ2) is 5.31. The van der Waals surface area contributed by atoms with Crippen LogP contribution in [0, 0.1) is 0 Å². The quantitative estimate of drug-likeness (QED) is 0.865. The van der Waals surface area contributed by atoms with E-state index >= 15 is 0 Å². The number of nitrogens with zero attached hydrogens (tertiary/aromatic N) is 1. The fourth-order valence-electron chi connectivity index (χ4n) is 1.87. The van der Waals surface area contributed by atoms with Crippen LogP contribution in [-0.2, 0) is 11.2 Å². The van der Waals surface area contributed by atoms with Gasteiger partial charge in [-0.05, 0) is 30.2 Å². The van der Waals surface area contributed by atoms with E-state index < -0.39 is 0 Å². The first-order chi connectivity index (χ1) is 8.61. The Kier molecular flexibility index (Phi) is 3.77. The molecule has 0 radical (unpaired) electrons. The van der Waals surface area contributed by atoms with E-state index in [-0.39, 0.29) is 5.91 Å². The van der Waals surface area contributed by atoms with Crippen LogP contribution in [0.2, 0.25) is 0 Å². The first kappa shape index (κ1) is 12.8. The summed E-state index contributed by atoms with van der Waals surface area (Å²) in [4.78, 5) is 14.2. The lowest BCUT2D eigenvalue weighted by atomic mass is 10.1. The third-order valence-electron chi connectivity index (χ3n) is 2.89. The second-order valence-electron chi connectivity index (χ2n) is 4.08. The first-order valence-corrected chi connectivity index (χ1v) is 6.03. The van der Waals surface area contributed by atoms with Gasteiger partial charge in [-0.25, -0.2) is 0 Å². The average Bonchev–Trinajstić information content (AvgIpc) is 2.77. The minimum Gasteiger partial charge on any atom is -0.497 e. The number of nitrogens with one attached hydrogen (secondary N) is 1. The van der Waals surface area contributed by atoms with Gasteiger partial charge < -0.3 is 9.72 Å². The molecule has 0 spiro atoms. The molecule has 0 aliphatic carbocycles. The number of carbonyl (C=O) groups is 1. The van der Waals surface area contributed by atoms with Crippen LogP contribution in [0.4, 0.5) is 0 Å². The standard InChI is InChI=1S/C13H15ClN2O2/c1-9(17)16(14)6-5-10-8-15-13-4-3-11(18-2)7-12(10)13/h3-4,7-8,15H,5-6H2,1-2H3. The predicted octanol–water partition coefficient (Wildman–Crippen LogP) is 2.72. The normalized spacial score (nSPS) is 10.6. The van der Waals surface area contributed by atoms with Crippen molar-refractivity contribution in [2.45, 2.75) is 13.3 Å². The van der Waals surface area contributed by atoms with Gasteiger partial charge in [0.1, 0.15) is 5.75 Å². The minimum absolute atomic E-state index is 0.144. The van der Waals surface area contributed by atoms with Gasteiger partial charge in [0.25, 0.3) is 0 Å². The molecule has 0 atom stereocenters. The highest BCUT2D eigenvalue weighted by atomic mass is 35.5. The van der Waals surface area contributed by atoms with E-state index in [9.17, 15) is 4.79 Å². The maximum absolute atomic E-state index is 11.0. The topological polar surface area (TPSA) is 45.3 Å². The summed E-state index contributed by atoms with van der Waals surface area (Å²) in [5.74, 6) is 0.673. The lowest BCUT2D eigenvalue weighted by molar-refractivity contribution is -0.124. The van der Waals surface area contributed by atoms with Gasteiger partial charge in [0.05, 0.1) is 7.11 Å². The average molecular weight is 267 g/mol. The number of methoxy groups -OCH3 is 1. The number of amides is 1. The minimum atomic E-state index is -0.144. The number of aromatic nitrogens is 1. The number of fused-ring (bicyclic) bond motifs is 1. The zero-order valence-electron chi connectivity index (χ0n) is 10.4. The van der Waals surface area contributed by atoms with Crippen molar-refractivity contribution in [1.82, 2.24) is 9.40 Å². The molecule has 0 saturated carbocycles. The van der Waals surface area contributed by atoms with Gasteiger partial charge >= 0.3 is 0 Å². The van der Waals surface area contributed by atoms with E-state index in [1.807, 2.05) is 24.4 Å². The molecule has 0 aliphatic heterocycles. The number of halogens is 1. The number of rotatable bonds is 4. The Balaban J connectivity index is 2.20. The summed E-state index contributed by atoms with van der Waals surface area (Å²) >= 11 is 5.79. The highest BCUT2D eigenvalue weighted by Crippen LogP contribution is 2.24. The van der Waals surface area contributed by atoms with Crippen LogP contribution in [0.3, 0.4) is 0 Å². The Labute approximate surface area is 111 Å². The van der Waals surface area contributed by atoms with E-state index in [4.69, 9.17) is 16.5 Å². The third kappa shape index (κ3) is 2.59. The molecule has 5 heteroatoms. The summed E-state index contributed by atoms with van der Waals surface area (Å²) < 4.78 is 6.40. The molecule has 0 bridgehead atoms. The molecular weight excluding hydrogens is 252 g/mol. The molecule has 1 aromatic heterocycles. The van der Waals surface area contributed by atoms with E-state index in [1.165, 1.54) is 11.3 Å². The Morgan fingerprint density at radius 1 is 1.50 bits per heavy atom. The zero-order chi connectivity index (χ0) is 13.1. The van der Waals surface area contributed by atoms with Crippen molar-refractivity contribution in [3.63, 3.8) is 0 Å². The van der Waals surface area contributed by atoms with Crippen molar-refractivity contribution in [1.29, 1.82) is 0 Å². The first-order valence-electron chi connectivity index (χ1n) is 5.69. The highest BCUT2D eigenvalue weighted by Gasteiger charge is 2.09. The van der Waals surface area contributed by atoms with E-state index in [0.717, 1.165) is 22.2 Å². The summed E-state index contributed by atoms with van der Waals surface area (Å²) in [6.07, 6.45) is 2.64. The number of benzene rings is 1. The molecule has 2 rings (SSSR count).